The highest BCUT2D eigenvalue weighted by molar-refractivity contribution is 5.77. The fourth-order valence-electron chi connectivity index (χ4n) is 2.92. The Kier molecular flexibility index (Phi) is 4.52. The van der Waals surface area contributed by atoms with Gasteiger partial charge in [-0.15, -0.1) is 0 Å². The summed E-state index contributed by atoms with van der Waals surface area (Å²) in [7, 11) is 1.64. The zero-order valence-electron chi connectivity index (χ0n) is 12.2. The van der Waals surface area contributed by atoms with Crippen LogP contribution in [-0.2, 0) is 9.53 Å². The highest BCUT2D eigenvalue weighted by Gasteiger charge is 2.43. The van der Waals surface area contributed by atoms with Crippen molar-refractivity contribution in [2.75, 3.05) is 26.8 Å². The number of urea groups is 1. The van der Waals surface area contributed by atoms with E-state index in [-0.39, 0.29) is 18.7 Å². The maximum atomic E-state index is 12.1. The summed E-state index contributed by atoms with van der Waals surface area (Å²) in [6.45, 7) is 3.31. The Morgan fingerprint density at radius 1 is 1.40 bits per heavy atom. The number of aliphatic carboxylic acids is 1. The van der Waals surface area contributed by atoms with Crippen LogP contribution in [0.1, 0.15) is 32.6 Å². The van der Waals surface area contributed by atoms with Crippen molar-refractivity contribution in [1.82, 2.24) is 10.2 Å². The van der Waals surface area contributed by atoms with E-state index in [2.05, 4.69) is 12.2 Å². The van der Waals surface area contributed by atoms with Crippen LogP contribution in [-0.4, -0.2) is 54.9 Å². The number of carboxylic acid groups (broad SMARTS) is 1. The number of nitrogens with zero attached hydrogens (tertiary/aromatic N) is 1. The smallest absolute Gasteiger partial charge is 0.317 e. The summed E-state index contributed by atoms with van der Waals surface area (Å²) in [5.41, 5.74) is 0.295. The molecule has 1 saturated heterocycles. The van der Waals surface area contributed by atoms with Gasteiger partial charge in [0.05, 0.1) is 19.3 Å². The van der Waals surface area contributed by atoms with Gasteiger partial charge in [0.15, 0.2) is 0 Å². The van der Waals surface area contributed by atoms with Gasteiger partial charge in [0.2, 0.25) is 0 Å². The number of likely N-dealkylation sites (N-methyl/N-ethyl adjacent to an activating group) is 1. The molecule has 0 radical (unpaired) electrons. The monoisotopic (exact) mass is 284 g/mol. The molecule has 0 spiro atoms. The topological polar surface area (TPSA) is 78.9 Å². The number of ether oxygens (including phenoxy) is 1. The number of rotatable bonds is 6. The van der Waals surface area contributed by atoms with Crippen LogP contribution in [0.4, 0.5) is 4.79 Å². The molecule has 0 aromatic carbocycles. The first-order chi connectivity index (χ1) is 9.49. The number of amides is 2. The average molecular weight is 284 g/mol. The molecule has 114 valence electrons. The Bertz CT molecular complexity index is 381. The summed E-state index contributed by atoms with van der Waals surface area (Å²) in [4.78, 5) is 24.7. The second kappa shape index (κ2) is 5.99. The fraction of sp³-hybridized carbons (Fsp3) is 0.857. The lowest BCUT2D eigenvalue weighted by molar-refractivity contribution is -0.142. The van der Waals surface area contributed by atoms with E-state index in [4.69, 9.17) is 9.84 Å². The van der Waals surface area contributed by atoms with Crippen molar-refractivity contribution in [3.8, 4) is 0 Å². The van der Waals surface area contributed by atoms with Crippen molar-refractivity contribution < 1.29 is 19.4 Å². The van der Waals surface area contributed by atoms with Crippen LogP contribution in [0.25, 0.3) is 0 Å². The van der Waals surface area contributed by atoms with Crippen molar-refractivity contribution in [3.05, 3.63) is 0 Å². The van der Waals surface area contributed by atoms with Gasteiger partial charge in [-0.3, -0.25) is 4.79 Å². The molecule has 2 aliphatic rings. The molecule has 1 aliphatic heterocycles. The molecule has 1 heterocycles. The molecule has 2 amide bonds. The van der Waals surface area contributed by atoms with E-state index in [0.29, 0.717) is 18.6 Å². The average Bonchev–Trinajstić information content (AvgIpc) is 3.00. The van der Waals surface area contributed by atoms with Gasteiger partial charge >= 0.3 is 12.0 Å². The maximum Gasteiger partial charge on any atom is 0.317 e. The number of hydrogen-bond acceptors (Lipinski definition) is 3. The molecule has 6 heteroatoms. The van der Waals surface area contributed by atoms with Crippen LogP contribution >= 0.6 is 0 Å². The lowest BCUT2D eigenvalue weighted by Crippen LogP contribution is -2.49. The van der Waals surface area contributed by atoms with Gasteiger partial charge in [-0.2, -0.15) is 0 Å². The molecule has 0 aromatic rings. The molecule has 0 aromatic heterocycles. The predicted octanol–water partition coefficient (Wildman–Crippen LogP) is 1.31. The zero-order chi connectivity index (χ0) is 14.8. The standard InChI is InChI=1S/C14H24N2O4/c1-3-4-14(5-6-14)9-15-13(19)16(2)11-8-20-7-10(11)12(17)18/h10-11H,3-9H2,1-2H3,(H,15,19)(H,17,18). The fourth-order valence-corrected chi connectivity index (χ4v) is 2.92. The van der Waals surface area contributed by atoms with E-state index in [0.717, 1.165) is 12.8 Å². The number of carboxylic acids is 1. The van der Waals surface area contributed by atoms with Gasteiger partial charge in [-0.1, -0.05) is 13.3 Å². The number of carbonyl (C=O) groups excluding carboxylic acids is 1. The number of nitrogens with one attached hydrogen (secondary N) is 1. The van der Waals surface area contributed by atoms with Gasteiger partial charge in [-0.05, 0) is 24.7 Å². The second-order valence-corrected chi connectivity index (χ2v) is 6.07. The second-order valence-electron chi connectivity index (χ2n) is 6.07. The molecule has 1 aliphatic carbocycles. The van der Waals surface area contributed by atoms with E-state index in [1.54, 1.807) is 7.05 Å². The third kappa shape index (κ3) is 3.23. The summed E-state index contributed by atoms with van der Waals surface area (Å²) >= 11 is 0. The summed E-state index contributed by atoms with van der Waals surface area (Å²) < 4.78 is 5.20. The summed E-state index contributed by atoms with van der Waals surface area (Å²) in [5, 5.41) is 12.1. The summed E-state index contributed by atoms with van der Waals surface area (Å²) in [6.07, 6.45) is 4.62. The van der Waals surface area contributed by atoms with Crippen LogP contribution in [0.2, 0.25) is 0 Å². The zero-order valence-corrected chi connectivity index (χ0v) is 12.2. The van der Waals surface area contributed by atoms with Crippen LogP contribution < -0.4 is 5.32 Å². The Morgan fingerprint density at radius 2 is 2.10 bits per heavy atom. The molecule has 6 nitrogen and oxygen atoms in total. The molecular formula is C14H24N2O4. The lowest BCUT2D eigenvalue weighted by atomic mass is 10.0. The van der Waals surface area contributed by atoms with Crippen molar-refractivity contribution in [2.24, 2.45) is 11.3 Å². The number of carbonyl (C=O) groups is 2. The first-order valence-electron chi connectivity index (χ1n) is 7.30. The van der Waals surface area contributed by atoms with Gasteiger partial charge in [0.25, 0.3) is 0 Å². The lowest BCUT2D eigenvalue weighted by Gasteiger charge is -2.27. The van der Waals surface area contributed by atoms with Crippen LogP contribution in [0.3, 0.4) is 0 Å². The molecule has 2 N–H and O–H groups in total. The SMILES string of the molecule is CCCC1(CNC(=O)N(C)C2COCC2C(=O)O)CC1. The Balaban J connectivity index is 1.84. The Morgan fingerprint density at radius 3 is 2.65 bits per heavy atom. The van der Waals surface area contributed by atoms with E-state index >= 15 is 0 Å². The van der Waals surface area contributed by atoms with Gasteiger partial charge < -0.3 is 20.1 Å². The molecule has 0 bridgehead atoms. The van der Waals surface area contributed by atoms with E-state index in [1.807, 2.05) is 0 Å². The van der Waals surface area contributed by atoms with Crippen molar-refractivity contribution >= 4 is 12.0 Å². The number of hydrogen-bond donors (Lipinski definition) is 2. The molecule has 2 fully saturated rings. The first kappa shape index (κ1) is 15.1. The van der Waals surface area contributed by atoms with Crippen LogP contribution in [0.5, 0.6) is 0 Å². The van der Waals surface area contributed by atoms with Crippen molar-refractivity contribution in [2.45, 2.75) is 38.6 Å². The van der Waals surface area contributed by atoms with E-state index in [9.17, 15) is 9.59 Å². The Hall–Kier alpha value is -1.30. The largest absolute Gasteiger partial charge is 0.481 e. The summed E-state index contributed by atoms with van der Waals surface area (Å²) in [6, 6.07) is -0.581. The highest BCUT2D eigenvalue weighted by atomic mass is 16.5. The van der Waals surface area contributed by atoms with E-state index in [1.165, 1.54) is 17.7 Å². The molecule has 2 rings (SSSR count). The highest BCUT2D eigenvalue weighted by Crippen LogP contribution is 2.48. The van der Waals surface area contributed by atoms with Crippen LogP contribution in [0, 0.1) is 11.3 Å². The third-order valence-electron chi connectivity index (χ3n) is 4.54. The normalized spacial score (nSPS) is 27.1. The molecule has 2 unspecified atom stereocenters. The third-order valence-corrected chi connectivity index (χ3v) is 4.54. The van der Waals surface area contributed by atoms with Gasteiger partial charge in [-0.25, -0.2) is 4.79 Å². The maximum absolute atomic E-state index is 12.1. The van der Waals surface area contributed by atoms with Gasteiger partial charge in [0, 0.05) is 13.6 Å². The quantitative estimate of drug-likeness (QED) is 0.770. The minimum atomic E-state index is -0.906. The minimum Gasteiger partial charge on any atom is -0.481 e. The van der Waals surface area contributed by atoms with Crippen molar-refractivity contribution in [3.63, 3.8) is 0 Å². The van der Waals surface area contributed by atoms with Crippen LogP contribution in [0.15, 0.2) is 0 Å². The van der Waals surface area contributed by atoms with Gasteiger partial charge in [0.1, 0.15) is 5.92 Å². The predicted molar refractivity (Wildman–Crippen MR) is 73.5 cm³/mol. The van der Waals surface area contributed by atoms with E-state index < -0.39 is 11.9 Å². The molecule has 20 heavy (non-hydrogen) atoms. The molecule has 2 atom stereocenters. The summed E-state index contributed by atoms with van der Waals surface area (Å²) in [5.74, 6) is -1.53. The Labute approximate surface area is 119 Å². The van der Waals surface area contributed by atoms with Crippen molar-refractivity contribution in [1.29, 1.82) is 0 Å². The molecular weight excluding hydrogens is 260 g/mol. The molecule has 1 saturated carbocycles. The first-order valence-corrected chi connectivity index (χ1v) is 7.30. The minimum absolute atomic E-state index is 0.178.